The maximum Gasteiger partial charge on any atom is 0.277 e. The van der Waals surface area contributed by atoms with Gasteiger partial charge in [-0.1, -0.05) is 12.1 Å². The zero-order valence-electron chi connectivity index (χ0n) is 14.0. The summed E-state index contributed by atoms with van der Waals surface area (Å²) in [4.78, 5) is 12.5. The zero-order valence-corrected chi connectivity index (χ0v) is 16.2. The van der Waals surface area contributed by atoms with Crippen LogP contribution in [0.15, 0.2) is 30.5 Å². The third kappa shape index (κ3) is 3.73. The molecule has 0 spiro atoms. The second-order valence-electron chi connectivity index (χ2n) is 5.79. The summed E-state index contributed by atoms with van der Waals surface area (Å²) in [7, 11) is 1.77. The van der Waals surface area contributed by atoms with Gasteiger partial charge in [-0.25, -0.2) is 4.39 Å². The number of halogens is 2. The third-order valence-corrected chi connectivity index (χ3v) is 4.63. The van der Waals surface area contributed by atoms with E-state index in [0.29, 0.717) is 23.6 Å². The number of anilines is 1. The van der Waals surface area contributed by atoms with E-state index in [4.69, 9.17) is 0 Å². The number of hydrogen-bond donors (Lipinski definition) is 1. The first-order valence-corrected chi connectivity index (χ1v) is 8.72. The van der Waals surface area contributed by atoms with Crippen LogP contribution in [0.1, 0.15) is 27.4 Å². The second-order valence-corrected chi connectivity index (χ2v) is 6.95. The van der Waals surface area contributed by atoms with Gasteiger partial charge in [0.1, 0.15) is 5.82 Å². The summed E-state index contributed by atoms with van der Waals surface area (Å²) < 4.78 is 17.5. The fourth-order valence-electron chi connectivity index (χ4n) is 2.63. The first kappa shape index (κ1) is 17.6. The first-order chi connectivity index (χ1) is 11.8. The molecule has 0 saturated carbocycles. The normalized spacial score (nSPS) is 10.9. The smallest absolute Gasteiger partial charge is 0.277 e. The highest BCUT2D eigenvalue weighted by atomic mass is 127. The molecular formula is C17H17FIN5O. The maximum atomic E-state index is 13.4. The summed E-state index contributed by atoms with van der Waals surface area (Å²) in [5.74, 6) is -0.557. The lowest BCUT2D eigenvalue weighted by atomic mass is 10.2. The summed E-state index contributed by atoms with van der Waals surface area (Å²) in [6.45, 7) is 4.13. The van der Waals surface area contributed by atoms with Crippen molar-refractivity contribution in [3.8, 4) is 0 Å². The lowest BCUT2D eigenvalue weighted by molar-refractivity contribution is 0.102. The summed E-state index contributed by atoms with van der Waals surface area (Å²) in [6, 6.07) is 6.39. The van der Waals surface area contributed by atoms with Crippen LogP contribution in [-0.2, 0) is 13.6 Å². The topological polar surface area (TPSA) is 64.7 Å². The highest BCUT2D eigenvalue weighted by molar-refractivity contribution is 14.1. The molecule has 0 unspecified atom stereocenters. The molecule has 2 heterocycles. The summed E-state index contributed by atoms with van der Waals surface area (Å²) >= 11 is 2.08. The van der Waals surface area contributed by atoms with E-state index in [1.54, 1.807) is 28.7 Å². The van der Waals surface area contributed by atoms with Gasteiger partial charge in [-0.2, -0.15) is 10.2 Å². The van der Waals surface area contributed by atoms with E-state index >= 15 is 0 Å². The molecule has 1 amide bonds. The molecule has 0 aliphatic carbocycles. The summed E-state index contributed by atoms with van der Waals surface area (Å²) in [5, 5.41) is 11.5. The fourth-order valence-corrected chi connectivity index (χ4v) is 3.38. The Bertz CT molecular complexity index is 947. The lowest BCUT2D eigenvalue weighted by Gasteiger charge is -2.07. The average Bonchev–Trinajstić information content (AvgIpc) is 3.01. The van der Waals surface area contributed by atoms with E-state index < -0.39 is 0 Å². The SMILES string of the molecule is Cc1nn(Cc2cccc(F)c2)c(C)c1NC(=O)c1nn(C)cc1I. The molecule has 1 aromatic carbocycles. The Balaban J connectivity index is 1.84. The van der Waals surface area contributed by atoms with E-state index in [9.17, 15) is 9.18 Å². The van der Waals surface area contributed by atoms with Crippen molar-refractivity contribution in [2.45, 2.75) is 20.4 Å². The van der Waals surface area contributed by atoms with Crippen LogP contribution < -0.4 is 5.32 Å². The van der Waals surface area contributed by atoms with Crippen LogP contribution in [0, 0.1) is 23.2 Å². The molecule has 25 heavy (non-hydrogen) atoms. The second kappa shape index (κ2) is 6.95. The minimum Gasteiger partial charge on any atom is -0.317 e. The van der Waals surface area contributed by atoms with Crippen LogP contribution in [-0.4, -0.2) is 25.5 Å². The largest absolute Gasteiger partial charge is 0.317 e. The Labute approximate surface area is 158 Å². The average molecular weight is 453 g/mol. The Morgan fingerprint density at radius 3 is 2.72 bits per heavy atom. The maximum absolute atomic E-state index is 13.4. The van der Waals surface area contributed by atoms with E-state index in [0.717, 1.165) is 14.8 Å². The van der Waals surface area contributed by atoms with Gasteiger partial charge in [0.2, 0.25) is 0 Å². The number of nitrogens with one attached hydrogen (secondary N) is 1. The van der Waals surface area contributed by atoms with Crippen molar-refractivity contribution in [1.29, 1.82) is 0 Å². The molecule has 0 saturated heterocycles. The van der Waals surface area contributed by atoms with E-state index in [1.807, 2.05) is 19.9 Å². The highest BCUT2D eigenvalue weighted by Gasteiger charge is 2.19. The van der Waals surface area contributed by atoms with Crippen molar-refractivity contribution in [3.63, 3.8) is 0 Å². The van der Waals surface area contributed by atoms with Crippen LogP contribution in [0.5, 0.6) is 0 Å². The number of hydrogen-bond acceptors (Lipinski definition) is 3. The predicted molar refractivity (Wildman–Crippen MR) is 101 cm³/mol. The van der Waals surface area contributed by atoms with E-state index in [-0.39, 0.29) is 11.7 Å². The lowest BCUT2D eigenvalue weighted by Crippen LogP contribution is -2.15. The molecule has 0 atom stereocenters. The minimum atomic E-state index is -0.280. The minimum absolute atomic E-state index is 0.276. The molecule has 0 aliphatic rings. The third-order valence-electron chi connectivity index (χ3n) is 3.84. The van der Waals surface area contributed by atoms with Gasteiger partial charge in [-0.15, -0.1) is 0 Å². The molecule has 3 rings (SSSR count). The van der Waals surface area contributed by atoms with Crippen LogP contribution in [0.2, 0.25) is 0 Å². The van der Waals surface area contributed by atoms with Crippen LogP contribution in [0.4, 0.5) is 10.1 Å². The van der Waals surface area contributed by atoms with Gasteiger partial charge in [0, 0.05) is 13.2 Å². The first-order valence-electron chi connectivity index (χ1n) is 7.64. The van der Waals surface area contributed by atoms with Crippen molar-refractivity contribution in [2.24, 2.45) is 7.05 Å². The Morgan fingerprint density at radius 1 is 1.32 bits per heavy atom. The van der Waals surface area contributed by atoms with Gasteiger partial charge < -0.3 is 5.32 Å². The van der Waals surface area contributed by atoms with E-state index in [2.05, 4.69) is 38.1 Å². The monoisotopic (exact) mass is 453 g/mol. The number of aryl methyl sites for hydroxylation is 2. The summed E-state index contributed by atoms with van der Waals surface area (Å²) in [6.07, 6.45) is 1.78. The molecule has 0 radical (unpaired) electrons. The molecule has 130 valence electrons. The number of rotatable bonds is 4. The molecule has 2 aromatic heterocycles. The van der Waals surface area contributed by atoms with Crippen LogP contribution >= 0.6 is 22.6 Å². The van der Waals surface area contributed by atoms with Crippen molar-refractivity contribution >= 4 is 34.2 Å². The fraction of sp³-hybridized carbons (Fsp3) is 0.235. The molecule has 6 nitrogen and oxygen atoms in total. The Hall–Kier alpha value is -2.23. The molecular weight excluding hydrogens is 436 g/mol. The molecule has 0 fully saturated rings. The number of nitrogens with zero attached hydrogens (tertiary/aromatic N) is 4. The van der Waals surface area contributed by atoms with Gasteiger partial charge in [0.25, 0.3) is 5.91 Å². The number of benzene rings is 1. The number of aromatic nitrogens is 4. The van der Waals surface area contributed by atoms with Crippen molar-refractivity contribution in [3.05, 3.63) is 62.5 Å². The van der Waals surface area contributed by atoms with Gasteiger partial charge in [-0.3, -0.25) is 14.2 Å². The molecule has 3 aromatic rings. The Kier molecular flexibility index (Phi) is 4.89. The van der Waals surface area contributed by atoms with Crippen LogP contribution in [0.3, 0.4) is 0 Å². The van der Waals surface area contributed by atoms with Crippen molar-refractivity contribution in [2.75, 3.05) is 5.32 Å². The molecule has 8 heteroatoms. The van der Waals surface area contributed by atoms with E-state index in [1.165, 1.54) is 12.1 Å². The number of amides is 1. The standard InChI is InChI=1S/C17H17FIN5O/c1-10-15(20-17(25)16-14(19)9-23(3)22-16)11(2)24(21-10)8-12-5-4-6-13(18)7-12/h4-7,9H,8H2,1-3H3,(H,20,25). The molecule has 0 aliphatic heterocycles. The number of carbonyl (C=O) groups is 1. The van der Waals surface area contributed by atoms with Crippen molar-refractivity contribution in [1.82, 2.24) is 19.6 Å². The molecule has 1 N–H and O–H groups in total. The highest BCUT2D eigenvalue weighted by Crippen LogP contribution is 2.22. The quantitative estimate of drug-likeness (QED) is 0.617. The summed E-state index contributed by atoms with van der Waals surface area (Å²) in [5.41, 5.74) is 3.35. The van der Waals surface area contributed by atoms with Gasteiger partial charge in [0.15, 0.2) is 5.69 Å². The molecule has 0 bridgehead atoms. The van der Waals surface area contributed by atoms with Crippen LogP contribution in [0.25, 0.3) is 0 Å². The predicted octanol–water partition coefficient (Wildman–Crippen LogP) is 3.28. The van der Waals surface area contributed by atoms with Crippen molar-refractivity contribution < 1.29 is 9.18 Å². The van der Waals surface area contributed by atoms with Gasteiger partial charge >= 0.3 is 0 Å². The van der Waals surface area contributed by atoms with Gasteiger partial charge in [0.05, 0.1) is 27.2 Å². The van der Waals surface area contributed by atoms with Gasteiger partial charge in [-0.05, 0) is 54.1 Å². The number of carbonyl (C=O) groups excluding carboxylic acids is 1. The Morgan fingerprint density at radius 2 is 2.08 bits per heavy atom. The zero-order chi connectivity index (χ0) is 18.1.